The van der Waals surface area contributed by atoms with E-state index in [2.05, 4.69) is 15.6 Å². The molecule has 1 aromatic carbocycles. The molecule has 1 aromatic heterocycles. The van der Waals surface area contributed by atoms with E-state index in [0.717, 1.165) is 17.9 Å². The molecule has 0 aliphatic carbocycles. The molecule has 0 saturated carbocycles. The van der Waals surface area contributed by atoms with E-state index in [1.165, 1.54) is 5.56 Å². The van der Waals surface area contributed by atoms with Gasteiger partial charge in [-0.3, -0.25) is 4.79 Å². The van der Waals surface area contributed by atoms with Crippen LogP contribution in [0.25, 0.3) is 0 Å². The lowest BCUT2D eigenvalue weighted by atomic mass is 10.1. The Hall–Kier alpha value is -2.36. The van der Waals surface area contributed by atoms with Crippen LogP contribution in [0.1, 0.15) is 28.5 Å². The number of anilines is 1. The number of hydrogen-bond acceptors (Lipinski definition) is 3. The van der Waals surface area contributed by atoms with E-state index in [-0.39, 0.29) is 5.91 Å². The molecule has 0 aliphatic rings. The predicted octanol–water partition coefficient (Wildman–Crippen LogP) is 2.75. The number of pyridine rings is 1. The van der Waals surface area contributed by atoms with Gasteiger partial charge in [-0.25, -0.2) is 4.98 Å². The number of hydrogen-bond donors (Lipinski definition) is 2. The van der Waals surface area contributed by atoms with Crippen LogP contribution >= 0.6 is 0 Å². The number of nitrogens with zero attached hydrogens (tertiary/aromatic N) is 1. The molecule has 2 rings (SSSR count). The van der Waals surface area contributed by atoms with Crippen LogP contribution in [0.15, 0.2) is 42.5 Å². The van der Waals surface area contributed by atoms with Gasteiger partial charge in [0.25, 0.3) is 5.91 Å². The molecule has 1 amide bonds. The summed E-state index contributed by atoms with van der Waals surface area (Å²) in [6.07, 6.45) is 0. The standard InChI is InChI=1S/C16H19N3O/c1-3-17-15-10-6-9-14(19-15)16(20)18-11-13-8-5-4-7-12(13)2/h4-10H,3,11H2,1-2H3,(H,17,19)(H,18,20). The van der Waals surface area contributed by atoms with Crippen molar-refractivity contribution in [2.45, 2.75) is 20.4 Å². The summed E-state index contributed by atoms with van der Waals surface area (Å²) in [5.74, 6) is 0.559. The van der Waals surface area contributed by atoms with Gasteiger partial charge in [0.05, 0.1) is 0 Å². The Morgan fingerprint density at radius 3 is 2.70 bits per heavy atom. The monoisotopic (exact) mass is 269 g/mol. The molecule has 0 unspecified atom stereocenters. The van der Waals surface area contributed by atoms with Gasteiger partial charge in [-0.2, -0.15) is 0 Å². The molecule has 0 radical (unpaired) electrons. The minimum Gasteiger partial charge on any atom is -0.370 e. The van der Waals surface area contributed by atoms with Crippen molar-refractivity contribution in [3.05, 3.63) is 59.3 Å². The summed E-state index contributed by atoms with van der Waals surface area (Å²) in [6.45, 7) is 5.32. The molecule has 20 heavy (non-hydrogen) atoms. The summed E-state index contributed by atoms with van der Waals surface area (Å²) in [5, 5.41) is 5.99. The third kappa shape index (κ3) is 3.57. The molecular weight excluding hydrogens is 250 g/mol. The van der Waals surface area contributed by atoms with Crippen LogP contribution in [-0.4, -0.2) is 17.4 Å². The Labute approximate surface area is 119 Å². The fourth-order valence-corrected chi connectivity index (χ4v) is 1.92. The van der Waals surface area contributed by atoms with Crippen molar-refractivity contribution in [2.24, 2.45) is 0 Å². The molecule has 4 heteroatoms. The number of nitrogens with one attached hydrogen (secondary N) is 2. The van der Waals surface area contributed by atoms with Gasteiger partial charge in [0.2, 0.25) is 0 Å². The number of aryl methyl sites for hydroxylation is 1. The highest BCUT2D eigenvalue weighted by molar-refractivity contribution is 5.92. The Balaban J connectivity index is 2.01. The first-order chi connectivity index (χ1) is 9.70. The second-order valence-electron chi connectivity index (χ2n) is 4.55. The van der Waals surface area contributed by atoms with Crippen LogP contribution in [0.2, 0.25) is 0 Å². The first-order valence-corrected chi connectivity index (χ1v) is 6.74. The van der Waals surface area contributed by atoms with Gasteiger partial charge in [0.1, 0.15) is 11.5 Å². The van der Waals surface area contributed by atoms with Crippen LogP contribution < -0.4 is 10.6 Å². The molecule has 104 valence electrons. The van der Waals surface area contributed by atoms with Gasteiger partial charge in [0.15, 0.2) is 0 Å². The van der Waals surface area contributed by atoms with Crippen LogP contribution in [0.3, 0.4) is 0 Å². The number of carbonyl (C=O) groups is 1. The number of amides is 1. The fraction of sp³-hybridized carbons (Fsp3) is 0.250. The number of aromatic nitrogens is 1. The van der Waals surface area contributed by atoms with Crippen molar-refractivity contribution in [1.82, 2.24) is 10.3 Å². The molecule has 4 nitrogen and oxygen atoms in total. The van der Waals surface area contributed by atoms with Crippen LogP contribution in [0.5, 0.6) is 0 Å². The minimum absolute atomic E-state index is 0.159. The fourth-order valence-electron chi connectivity index (χ4n) is 1.92. The van der Waals surface area contributed by atoms with Crippen molar-refractivity contribution in [2.75, 3.05) is 11.9 Å². The summed E-state index contributed by atoms with van der Waals surface area (Å²) in [5.41, 5.74) is 2.71. The Kier molecular flexibility index (Phi) is 4.71. The quantitative estimate of drug-likeness (QED) is 0.877. The van der Waals surface area contributed by atoms with E-state index >= 15 is 0 Å². The molecule has 0 aliphatic heterocycles. The van der Waals surface area contributed by atoms with Gasteiger partial charge in [-0.15, -0.1) is 0 Å². The molecule has 0 spiro atoms. The molecule has 0 atom stereocenters. The maximum absolute atomic E-state index is 12.1. The Morgan fingerprint density at radius 2 is 1.95 bits per heavy atom. The number of carbonyl (C=O) groups excluding carboxylic acids is 1. The van der Waals surface area contributed by atoms with E-state index < -0.39 is 0 Å². The lowest BCUT2D eigenvalue weighted by Crippen LogP contribution is -2.24. The number of rotatable bonds is 5. The van der Waals surface area contributed by atoms with Crippen LogP contribution in [-0.2, 0) is 6.54 Å². The average Bonchev–Trinajstić information content (AvgIpc) is 2.47. The highest BCUT2D eigenvalue weighted by atomic mass is 16.1. The zero-order valence-corrected chi connectivity index (χ0v) is 11.8. The van der Waals surface area contributed by atoms with Gasteiger partial charge in [-0.1, -0.05) is 30.3 Å². The zero-order valence-electron chi connectivity index (χ0n) is 11.8. The summed E-state index contributed by atoms with van der Waals surface area (Å²) < 4.78 is 0. The molecule has 1 heterocycles. The SMILES string of the molecule is CCNc1cccc(C(=O)NCc2ccccc2C)n1. The lowest BCUT2D eigenvalue weighted by Gasteiger charge is -2.08. The molecule has 2 N–H and O–H groups in total. The van der Waals surface area contributed by atoms with E-state index in [0.29, 0.717) is 12.2 Å². The molecule has 2 aromatic rings. The molecule has 0 fully saturated rings. The average molecular weight is 269 g/mol. The number of benzene rings is 1. The largest absolute Gasteiger partial charge is 0.370 e. The molecule has 0 bridgehead atoms. The van der Waals surface area contributed by atoms with Gasteiger partial charge >= 0.3 is 0 Å². The third-order valence-electron chi connectivity index (χ3n) is 3.04. The lowest BCUT2D eigenvalue weighted by molar-refractivity contribution is 0.0946. The van der Waals surface area contributed by atoms with Gasteiger partial charge < -0.3 is 10.6 Å². The minimum atomic E-state index is -0.159. The van der Waals surface area contributed by atoms with E-state index in [1.807, 2.05) is 50.2 Å². The zero-order chi connectivity index (χ0) is 14.4. The topological polar surface area (TPSA) is 54.0 Å². The van der Waals surface area contributed by atoms with Crippen molar-refractivity contribution in [1.29, 1.82) is 0 Å². The highest BCUT2D eigenvalue weighted by Crippen LogP contribution is 2.08. The second-order valence-corrected chi connectivity index (χ2v) is 4.55. The first-order valence-electron chi connectivity index (χ1n) is 6.74. The van der Waals surface area contributed by atoms with Crippen molar-refractivity contribution in [3.8, 4) is 0 Å². The molecule has 0 saturated heterocycles. The normalized spacial score (nSPS) is 10.1. The van der Waals surface area contributed by atoms with E-state index in [9.17, 15) is 4.79 Å². The highest BCUT2D eigenvalue weighted by Gasteiger charge is 2.08. The summed E-state index contributed by atoms with van der Waals surface area (Å²) in [4.78, 5) is 16.4. The summed E-state index contributed by atoms with van der Waals surface area (Å²) in [6, 6.07) is 13.4. The summed E-state index contributed by atoms with van der Waals surface area (Å²) in [7, 11) is 0. The van der Waals surface area contributed by atoms with Gasteiger partial charge in [-0.05, 0) is 37.1 Å². The molecular formula is C16H19N3O. The third-order valence-corrected chi connectivity index (χ3v) is 3.04. The second kappa shape index (κ2) is 6.70. The predicted molar refractivity (Wildman–Crippen MR) is 80.7 cm³/mol. The first kappa shape index (κ1) is 14.1. The van der Waals surface area contributed by atoms with Crippen LogP contribution in [0.4, 0.5) is 5.82 Å². The Bertz CT molecular complexity index is 596. The maximum atomic E-state index is 12.1. The van der Waals surface area contributed by atoms with E-state index in [4.69, 9.17) is 0 Å². The van der Waals surface area contributed by atoms with Crippen molar-refractivity contribution in [3.63, 3.8) is 0 Å². The Morgan fingerprint density at radius 1 is 1.15 bits per heavy atom. The van der Waals surface area contributed by atoms with Crippen molar-refractivity contribution < 1.29 is 4.79 Å². The summed E-state index contributed by atoms with van der Waals surface area (Å²) >= 11 is 0. The van der Waals surface area contributed by atoms with Gasteiger partial charge in [0, 0.05) is 13.1 Å². The van der Waals surface area contributed by atoms with Crippen LogP contribution in [0, 0.1) is 6.92 Å². The maximum Gasteiger partial charge on any atom is 0.270 e. The van der Waals surface area contributed by atoms with Crippen molar-refractivity contribution >= 4 is 11.7 Å². The van der Waals surface area contributed by atoms with E-state index in [1.54, 1.807) is 6.07 Å². The smallest absolute Gasteiger partial charge is 0.270 e.